The predicted octanol–water partition coefficient (Wildman–Crippen LogP) is 2.60. The number of rotatable bonds is 5. The van der Waals surface area contributed by atoms with Crippen molar-refractivity contribution in [3.05, 3.63) is 47.9 Å². The van der Waals surface area contributed by atoms with Gasteiger partial charge in [-0.2, -0.15) is 0 Å². The molecule has 0 saturated heterocycles. The van der Waals surface area contributed by atoms with Crippen molar-refractivity contribution >= 4 is 0 Å². The summed E-state index contributed by atoms with van der Waals surface area (Å²) in [4.78, 5) is 9.13. The van der Waals surface area contributed by atoms with Crippen LogP contribution in [-0.4, -0.2) is 23.6 Å². The number of hydrogen-bond acceptors (Lipinski definition) is 3. The van der Waals surface area contributed by atoms with E-state index in [0.29, 0.717) is 0 Å². The van der Waals surface area contributed by atoms with Gasteiger partial charge in [0.25, 0.3) is 0 Å². The Balaban J connectivity index is 2.21. The van der Waals surface area contributed by atoms with Gasteiger partial charge in [0.1, 0.15) is 5.82 Å². The van der Waals surface area contributed by atoms with Crippen LogP contribution in [0.25, 0.3) is 11.3 Å². The Labute approximate surface area is 108 Å². The largest absolute Gasteiger partial charge is 0.320 e. The van der Waals surface area contributed by atoms with Gasteiger partial charge in [-0.25, -0.2) is 9.97 Å². The number of aromatic nitrogens is 2. The Bertz CT molecular complexity index is 494. The molecule has 0 amide bonds. The SMILES string of the molecule is CNCCCc1nc(C)cc(-c2ccccc2)n1. The van der Waals surface area contributed by atoms with E-state index in [-0.39, 0.29) is 0 Å². The molecule has 0 aliphatic heterocycles. The summed E-state index contributed by atoms with van der Waals surface area (Å²) >= 11 is 0. The summed E-state index contributed by atoms with van der Waals surface area (Å²) < 4.78 is 0. The third-order valence-electron chi connectivity index (χ3n) is 2.80. The topological polar surface area (TPSA) is 37.8 Å². The maximum absolute atomic E-state index is 4.64. The minimum absolute atomic E-state index is 0.919. The number of nitrogens with zero attached hydrogens (tertiary/aromatic N) is 2. The molecule has 1 heterocycles. The van der Waals surface area contributed by atoms with Gasteiger partial charge in [0.05, 0.1) is 5.69 Å². The van der Waals surface area contributed by atoms with Crippen LogP contribution in [0.4, 0.5) is 0 Å². The second kappa shape index (κ2) is 6.26. The predicted molar refractivity (Wildman–Crippen MR) is 74.5 cm³/mol. The van der Waals surface area contributed by atoms with Gasteiger partial charge in [-0.05, 0) is 33.0 Å². The van der Waals surface area contributed by atoms with Crippen LogP contribution in [-0.2, 0) is 6.42 Å². The average molecular weight is 241 g/mol. The van der Waals surface area contributed by atoms with Gasteiger partial charge in [-0.3, -0.25) is 0 Å². The highest BCUT2D eigenvalue weighted by atomic mass is 14.9. The normalized spacial score (nSPS) is 10.6. The molecule has 0 atom stereocenters. The first kappa shape index (κ1) is 12.7. The van der Waals surface area contributed by atoms with Crippen LogP contribution in [0.2, 0.25) is 0 Å². The average Bonchev–Trinajstić information content (AvgIpc) is 2.39. The molecule has 0 unspecified atom stereocenters. The lowest BCUT2D eigenvalue weighted by Crippen LogP contribution is -2.10. The summed E-state index contributed by atoms with van der Waals surface area (Å²) in [6.07, 6.45) is 1.98. The van der Waals surface area contributed by atoms with Gasteiger partial charge >= 0.3 is 0 Å². The van der Waals surface area contributed by atoms with Crippen molar-refractivity contribution < 1.29 is 0 Å². The summed E-state index contributed by atoms with van der Waals surface area (Å²) in [5.41, 5.74) is 3.20. The van der Waals surface area contributed by atoms with Gasteiger partial charge in [-0.15, -0.1) is 0 Å². The van der Waals surface area contributed by atoms with Gasteiger partial charge in [0, 0.05) is 17.7 Å². The van der Waals surface area contributed by atoms with Gasteiger partial charge in [0.15, 0.2) is 0 Å². The van der Waals surface area contributed by atoms with E-state index in [1.807, 2.05) is 38.2 Å². The first-order valence-electron chi connectivity index (χ1n) is 6.34. The molecule has 0 spiro atoms. The Morgan fingerprint density at radius 1 is 1.11 bits per heavy atom. The van der Waals surface area contributed by atoms with Crippen molar-refractivity contribution in [3.8, 4) is 11.3 Å². The van der Waals surface area contributed by atoms with E-state index in [9.17, 15) is 0 Å². The molecule has 0 radical (unpaired) electrons. The number of nitrogens with one attached hydrogen (secondary N) is 1. The molecular formula is C15H19N3. The van der Waals surface area contributed by atoms with E-state index in [4.69, 9.17) is 0 Å². The fourth-order valence-corrected chi connectivity index (χ4v) is 1.92. The molecule has 2 aromatic rings. The zero-order valence-corrected chi connectivity index (χ0v) is 11.0. The molecule has 18 heavy (non-hydrogen) atoms. The molecule has 1 aromatic carbocycles. The number of aryl methyl sites for hydroxylation is 2. The molecule has 3 nitrogen and oxygen atoms in total. The number of benzene rings is 1. The molecule has 0 fully saturated rings. The molecule has 0 saturated carbocycles. The second-order valence-electron chi connectivity index (χ2n) is 4.38. The Morgan fingerprint density at radius 2 is 1.89 bits per heavy atom. The van der Waals surface area contributed by atoms with E-state index in [1.165, 1.54) is 0 Å². The molecule has 3 heteroatoms. The Kier molecular flexibility index (Phi) is 4.42. The van der Waals surface area contributed by atoms with Crippen LogP contribution >= 0.6 is 0 Å². The minimum Gasteiger partial charge on any atom is -0.320 e. The minimum atomic E-state index is 0.919. The molecule has 0 aliphatic rings. The zero-order valence-electron chi connectivity index (χ0n) is 11.0. The summed E-state index contributed by atoms with van der Waals surface area (Å²) in [5, 5.41) is 3.14. The first-order chi connectivity index (χ1) is 8.79. The van der Waals surface area contributed by atoms with E-state index in [1.54, 1.807) is 0 Å². The molecule has 0 aliphatic carbocycles. The van der Waals surface area contributed by atoms with Gasteiger partial charge in [-0.1, -0.05) is 30.3 Å². The van der Waals surface area contributed by atoms with Crippen LogP contribution in [0.1, 0.15) is 17.9 Å². The second-order valence-corrected chi connectivity index (χ2v) is 4.38. The monoisotopic (exact) mass is 241 g/mol. The Hall–Kier alpha value is -1.74. The first-order valence-corrected chi connectivity index (χ1v) is 6.34. The summed E-state index contributed by atoms with van der Waals surface area (Å²) in [7, 11) is 1.96. The van der Waals surface area contributed by atoms with E-state index < -0.39 is 0 Å². The lowest BCUT2D eigenvalue weighted by Gasteiger charge is -2.06. The summed E-state index contributed by atoms with van der Waals surface area (Å²) in [5.74, 6) is 0.934. The van der Waals surface area contributed by atoms with Crippen LogP contribution < -0.4 is 5.32 Å². The fraction of sp³-hybridized carbons (Fsp3) is 0.333. The van der Waals surface area contributed by atoms with Crippen LogP contribution in [0.15, 0.2) is 36.4 Å². The molecule has 0 bridgehead atoms. The number of hydrogen-bond donors (Lipinski definition) is 1. The fourth-order valence-electron chi connectivity index (χ4n) is 1.92. The molecule has 94 valence electrons. The van der Waals surface area contributed by atoms with Crippen molar-refractivity contribution in [2.24, 2.45) is 0 Å². The Morgan fingerprint density at radius 3 is 2.61 bits per heavy atom. The van der Waals surface area contributed by atoms with Gasteiger partial charge < -0.3 is 5.32 Å². The van der Waals surface area contributed by atoms with Crippen LogP contribution in [0.5, 0.6) is 0 Å². The zero-order chi connectivity index (χ0) is 12.8. The van der Waals surface area contributed by atoms with Crippen LogP contribution in [0, 0.1) is 6.92 Å². The smallest absolute Gasteiger partial charge is 0.129 e. The highest BCUT2D eigenvalue weighted by Gasteiger charge is 2.04. The van der Waals surface area contributed by atoms with E-state index >= 15 is 0 Å². The quantitative estimate of drug-likeness (QED) is 0.818. The molecule has 2 rings (SSSR count). The van der Waals surface area contributed by atoms with Crippen molar-refractivity contribution in [2.75, 3.05) is 13.6 Å². The molecule has 1 N–H and O–H groups in total. The lowest BCUT2D eigenvalue weighted by molar-refractivity contribution is 0.701. The van der Waals surface area contributed by atoms with Gasteiger partial charge in [0.2, 0.25) is 0 Å². The molecular weight excluding hydrogens is 222 g/mol. The highest BCUT2D eigenvalue weighted by molar-refractivity contribution is 5.58. The van der Waals surface area contributed by atoms with Crippen molar-refractivity contribution in [1.82, 2.24) is 15.3 Å². The molecule has 1 aromatic heterocycles. The van der Waals surface area contributed by atoms with E-state index in [0.717, 1.165) is 42.2 Å². The van der Waals surface area contributed by atoms with Crippen molar-refractivity contribution in [2.45, 2.75) is 19.8 Å². The third kappa shape index (κ3) is 3.37. The van der Waals surface area contributed by atoms with E-state index in [2.05, 4.69) is 27.4 Å². The maximum atomic E-state index is 4.64. The van der Waals surface area contributed by atoms with Crippen molar-refractivity contribution in [1.29, 1.82) is 0 Å². The standard InChI is InChI=1S/C15H19N3/c1-12-11-14(13-7-4-3-5-8-13)18-15(17-12)9-6-10-16-2/h3-5,7-8,11,16H,6,9-10H2,1-2H3. The maximum Gasteiger partial charge on any atom is 0.129 e. The summed E-state index contributed by atoms with van der Waals surface area (Å²) in [6, 6.07) is 12.3. The third-order valence-corrected chi connectivity index (χ3v) is 2.80. The highest BCUT2D eigenvalue weighted by Crippen LogP contribution is 2.17. The summed E-state index contributed by atoms with van der Waals surface area (Å²) in [6.45, 7) is 3.02. The van der Waals surface area contributed by atoms with Crippen LogP contribution in [0.3, 0.4) is 0 Å². The van der Waals surface area contributed by atoms with Crippen molar-refractivity contribution in [3.63, 3.8) is 0 Å². The lowest BCUT2D eigenvalue weighted by atomic mass is 10.1.